The van der Waals surface area contributed by atoms with Gasteiger partial charge >= 0.3 is 0 Å². The molecular weight excluding hydrogens is 1460 g/mol. The van der Waals surface area contributed by atoms with Crippen molar-refractivity contribution < 1.29 is 4.74 Å². The summed E-state index contributed by atoms with van der Waals surface area (Å²) in [6, 6.07) is 150. The molecule has 3 heteroatoms. The largest absolute Gasteiger partial charge is 0.489 e. The summed E-state index contributed by atoms with van der Waals surface area (Å²) >= 11 is 0. The SMILES string of the molecule is CCC(CC(C)c1ccc(-c2ccc3c(c2)CC3)cc1)c1ccc(COc2ccc(C3(c4ccccc4)c4ccc(-c5ccc(N(c6ccc(-c7ccccc7)cc6)c6ccc7c(c6)C(C)(C)c6ccccc6-7)cc5)cc4-c4cc(-c5ccc(N(c6ccc(-c7ccccc7)cc6)c6ccc7c(c6)C(C)(C)c6ccccc6-7)cc5)ccc43)cc2)cc1. The predicted molar refractivity (Wildman–Crippen MR) is 506 cm³/mol. The molecule has 0 spiro atoms. The van der Waals surface area contributed by atoms with E-state index in [1.54, 1.807) is 0 Å². The van der Waals surface area contributed by atoms with Crippen LogP contribution in [0.1, 0.15) is 139 Å². The van der Waals surface area contributed by atoms with Crippen LogP contribution in [0.25, 0.3) is 89.0 Å². The van der Waals surface area contributed by atoms with Gasteiger partial charge in [0.1, 0.15) is 12.4 Å². The van der Waals surface area contributed by atoms with Gasteiger partial charge in [-0.3, -0.25) is 0 Å². The number of aryl methyl sites for hydroxylation is 2. The van der Waals surface area contributed by atoms with Gasteiger partial charge in [0, 0.05) is 45.0 Å². The molecule has 2 atom stereocenters. The Bertz CT molecular complexity index is 6440. The third kappa shape index (κ3) is 13.2. The summed E-state index contributed by atoms with van der Waals surface area (Å²) < 4.78 is 6.78. The van der Waals surface area contributed by atoms with Gasteiger partial charge in [-0.25, -0.2) is 0 Å². The molecule has 2 unspecified atom stereocenters. The van der Waals surface area contributed by atoms with Gasteiger partial charge in [-0.05, 0) is 296 Å². The molecule has 121 heavy (non-hydrogen) atoms. The molecular formula is C118H96N2O. The van der Waals surface area contributed by atoms with E-state index in [-0.39, 0.29) is 10.8 Å². The molecule has 584 valence electrons. The van der Waals surface area contributed by atoms with Crippen molar-refractivity contribution in [3.8, 4) is 94.8 Å². The van der Waals surface area contributed by atoms with Crippen molar-refractivity contribution in [2.75, 3.05) is 9.80 Å². The van der Waals surface area contributed by atoms with E-state index < -0.39 is 5.41 Å². The van der Waals surface area contributed by atoms with E-state index in [0.29, 0.717) is 18.4 Å². The molecule has 0 heterocycles. The van der Waals surface area contributed by atoms with Crippen molar-refractivity contribution in [2.24, 2.45) is 0 Å². The van der Waals surface area contributed by atoms with Crippen LogP contribution < -0.4 is 14.5 Å². The van der Waals surface area contributed by atoms with E-state index >= 15 is 0 Å². The van der Waals surface area contributed by atoms with Crippen molar-refractivity contribution >= 4 is 34.1 Å². The third-order valence-electron chi connectivity index (χ3n) is 27.3. The predicted octanol–water partition coefficient (Wildman–Crippen LogP) is 31.3. The molecule has 0 saturated heterocycles. The van der Waals surface area contributed by atoms with E-state index in [0.717, 1.165) is 80.5 Å². The van der Waals surface area contributed by atoms with Crippen LogP contribution in [-0.2, 0) is 35.7 Å². The molecule has 0 amide bonds. The fourth-order valence-electron chi connectivity index (χ4n) is 20.5. The highest BCUT2D eigenvalue weighted by Crippen LogP contribution is 2.59. The number of ether oxygens (including phenoxy) is 1. The fourth-order valence-corrected chi connectivity index (χ4v) is 20.5. The molecule has 4 aliphatic rings. The normalized spacial score (nSPS) is 14.2. The minimum atomic E-state index is -0.685. The highest BCUT2D eigenvalue weighted by atomic mass is 16.5. The van der Waals surface area contributed by atoms with Crippen LogP contribution in [-0.4, -0.2) is 0 Å². The first-order valence-corrected chi connectivity index (χ1v) is 43.3. The molecule has 17 aromatic carbocycles. The average molecular weight is 1560 g/mol. The standard InChI is InChI=1S/C118H96N2O/c1-7-80(71-78(2)81-35-37-87(38-36-81)91-41-39-88-40-42-92(88)72-91)84-33-31-79(32-34-84)77-121-103-65-53-96(54-66-103)118(95-25-15-10-16-26-95)112-69-51-93(89-47-59-99(60-48-89)119(97-55-43-85(44-56-97)82-21-11-8-12-22-82)101-63-67-106-104-27-17-19-29-110(104)116(3,4)114(106)75-101)73-108(112)109-74-94(52-70-113(109)118)90-49-61-100(62-50-90)120(98-57-45-86(46-58-98)83-23-13-9-14-24-83)102-64-68-107-105-28-18-20-30-111(105)117(5,6)115(107)76-102/h8-39,41,43-70,72-76,78,80H,7,40,42,71,77H2,1-6H3. The lowest BCUT2D eigenvalue weighted by Crippen LogP contribution is -2.28. The van der Waals surface area contributed by atoms with Crippen LogP contribution in [0.2, 0.25) is 0 Å². The van der Waals surface area contributed by atoms with Gasteiger partial charge in [0.2, 0.25) is 0 Å². The Morgan fingerprint density at radius 1 is 0.281 bits per heavy atom. The second-order valence-corrected chi connectivity index (χ2v) is 34.9. The lowest BCUT2D eigenvalue weighted by Gasteiger charge is -2.34. The monoisotopic (exact) mass is 1560 g/mol. The smallest absolute Gasteiger partial charge is 0.119 e. The Labute approximate surface area is 713 Å². The highest BCUT2D eigenvalue weighted by Gasteiger charge is 2.47. The molecule has 0 aliphatic heterocycles. The summed E-state index contributed by atoms with van der Waals surface area (Å²) in [4.78, 5) is 4.86. The third-order valence-corrected chi connectivity index (χ3v) is 27.3. The number of nitrogens with zero attached hydrogens (tertiary/aromatic N) is 2. The average Bonchev–Trinajstić information content (AvgIpc) is 1.53. The van der Waals surface area contributed by atoms with E-state index in [9.17, 15) is 0 Å². The molecule has 0 bridgehead atoms. The quantitative estimate of drug-likeness (QED) is 0.0713. The van der Waals surface area contributed by atoms with Crippen LogP contribution in [0.4, 0.5) is 34.1 Å². The Kier molecular flexibility index (Phi) is 18.8. The molecule has 0 saturated carbocycles. The maximum Gasteiger partial charge on any atom is 0.119 e. The van der Waals surface area contributed by atoms with Crippen LogP contribution in [0.5, 0.6) is 5.75 Å². The molecule has 0 N–H and O–H groups in total. The summed E-state index contributed by atoms with van der Waals surface area (Å²) in [7, 11) is 0. The maximum absolute atomic E-state index is 6.78. The second-order valence-electron chi connectivity index (χ2n) is 34.9. The number of fused-ring (bicyclic) bond motifs is 10. The summed E-state index contributed by atoms with van der Waals surface area (Å²) in [6.45, 7) is 14.7. The van der Waals surface area contributed by atoms with E-state index in [4.69, 9.17) is 4.74 Å². The number of rotatable bonds is 21. The van der Waals surface area contributed by atoms with Gasteiger partial charge < -0.3 is 14.5 Å². The maximum atomic E-state index is 6.78. The first kappa shape index (κ1) is 74.7. The topological polar surface area (TPSA) is 15.7 Å². The van der Waals surface area contributed by atoms with Crippen LogP contribution in [0.15, 0.2) is 400 Å². The molecule has 3 nitrogen and oxygen atoms in total. The summed E-state index contributed by atoms with van der Waals surface area (Å²) in [5.74, 6) is 1.72. The zero-order chi connectivity index (χ0) is 81.5. The van der Waals surface area contributed by atoms with Crippen molar-refractivity contribution in [1.82, 2.24) is 0 Å². The van der Waals surface area contributed by atoms with Crippen molar-refractivity contribution in [3.63, 3.8) is 0 Å². The molecule has 4 aliphatic carbocycles. The number of hydrogen-bond acceptors (Lipinski definition) is 3. The van der Waals surface area contributed by atoms with Gasteiger partial charge in [-0.2, -0.15) is 0 Å². The Morgan fingerprint density at radius 2 is 0.645 bits per heavy atom. The summed E-state index contributed by atoms with van der Waals surface area (Å²) in [5, 5.41) is 0. The van der Waals surface area contributed by atoms with Crippen molar-refractivity contribution in [3.05, 3.63) is 473 Å². The zero-order valence-electron chi connectivity index (χ0n) is 69.6. The molecule has 0 aromatic heterocycles. The van der Waals surface area contributed by atoms with E-state index in [1.165, 1.54) is 146 Å². The van der Waals surface area contributed by atoms with Crippen LogP contribution in [0.3, 0.4) is 0 Å². The molecule has 21 rings (SSSR count). The van der Waals surface area contributed by atoms with Gasteiger partial charge in [-0.1, -0.05) is 345 Å². The minimum Gasteiger partial charge on any atom is -0.489 e. The lowest BCUT2D eigenvalue weighted by molar-refractivity contribution is 0.306. The molecule has 0 radical (unpaired) electrons. The lowest BCUT2D eigenvalue weighted by atomic mass is 9.67. The summed E-state index contributed by atoms with van der Waals surface area (Å²) in [6.07, 6.45) is 4.59. The first-order chi connectivity index (χ1) is 59.3. The van der Waals surface area contributed by atoms with Crippen molar-refractivity contribution in [2.45, 2.75) is 102 Å². The van der Waals surface area contributed by atoms with Crippen LogP contribution >= 0.6 is 0 Å². The van der Waals surface area contributed by atoms with Gasteiger partial charge in [0.25, 0.3) is 0 Å². The zero-order valence-corrected chi connectivity index (χ0v) is 69.6. The minimum absolute atomic E-state index is 0.164. The number of anilines is 6. The van der Waals surface area contributed by atoms with E-state index in [2.05, 4.69) is 452 Å². The van der Waals surface area contributed by atoms with Crippen LogP contribution in [0, 0.1) is 0 Å². The second kappa shape index (κ2) is 30.5. The number of benzene rings is 17. The van der Waals surface area contributed by atoms with Gasteiger partial charge in [-0.15, -0.1) is 0 Å². The Balaban J connectivity index is 0.627. The Morgan fingerprint density at radius 3 is 1.09 bits per heavy atom. The molecule has 0 fully saturated rings. The first-order valence-electron chi connectivity index (χ1n) is 43.3. The van der Waals surface area contributed by atoms with E-state index in [1.807, 2.05) is 0 Å². The molecule has 17 aromatic rings. The van der Waals surface area contributed by atoms with Crippen molar-refractivity contribution in [1.29, 1.82) is 0 Å². The number of hydrogen-bond donors (Lipinski definition) is 0. The Hall–Kier alpha value is -13.9. The van der Waals surface area contributed by atoms with Gasteiger partial charge in [0.15, 0.2) is 0 Å². The summed E-state index contributed by atoms with van der Waals surface area (Å²) in [5.41, 5.74) is 42.4. The van der Waals surface area contributed by atoms with Gasteiger partial charge in [0.05, 0.1) is 5.41 Å². The highest BCUT2D eigenvalue weighted by molar-refractivity contribution is 5.94. The fraction of sp³-hybridized carbons (Fsp3) is 0.136.